The highest BCUT2D eigenvalue weighted by Gasteiger charge is 2.20. The van der Waals surface area contributed by atoms with Crippen molar-refractivity contribution < 1.29 is 14.7 Å². The second kappa shape index (κ2) is 7.82. The van der Waals surface area contributed by atoms with Crippen molar-refractivity contribution in [1.29, 1.82) is 0 Å². The van der Waals surface area contributed by atoms with Gasteiger partial charge < -0.3 is 9.88 Å². The second-order valence-electron chi connectivity index (χ2n) is 6.62. The number of hydrogen-bond acceptors (Lipinski definition) is 4. The Morgan fingerprint density at radius 3 is 2.50 bits per heavy atom. The molecule has 0 spiro atoms. The van der Waals surface area contributed by atoms with Gasteiger partial charge >= 0.3 is 0 Å². The van der Waals surface area contributed by atoms with E-state index < -0.39 is 6.23 Å². The van der Waals surface area contributed by atoms with Gasteiger partial charge in [-0.15, -0.1) is 4.99 Å². The smallest absolute Gasteiger partial charge is 0.254 e. The number of hydrogen-bond donors (Lipinski definition) is 2. The molecule has 1 amide bonds. The Hall–Kier alpha value is -3.19. The van der Waals surface area contributed by atoms with E-state index in [4.69, 9.17) is 10.8 Å². The number of nitrogens with zero attached hydrogens (tertiary/aromatic N) is 1. The van der Waals surface area contributed by atoms with E-state index in [0.29, 0.717) is 12.0 Å². The Morgan fingerprint density at radius 1 is 1.00 bits per heavy atom. The maximum absolute atomic E-state index is 13.1. The summed E-state index contributed by atoms with van der Waals surface area (Å²) in [5, 5.41) is 4.81. The molecule has 1 atom stereocenters. The topological polar surface area (TPSA) is 78.5 Å². The van der Waals surface area contributed by atoms with Gasteiger partial charge in [0.2, 0.25) is 0 Å². The van der Waals surface area contributed by atoms with Crippen LogP contribution in [0.3, 0.4) is 0 Å². The zero-order chi connectivity index (χ0) is 19.5. The number of carbonyl (C=O) groups excluding carboxylic acids is 1. The minimum Gasteiger partial charge on any atom is -0.344 e. The first kappa shape index (κ1) is 18.2. The van der Waals surface area contributed by atoms with Crippen LogP contribution in [0.4, 0.5) is 0 Å². The average Bonchev–Trinajstić information content (AvgIpc) is 3.02. The summed E-state index contributed by atoms with van der Waals surface area (Å²) in [6.45, 7) is 0. The number of amides is 1. The van der Waals surface area contributed by atoms with Crippen LogP contribution in [0.1, 0.15) is 15.9 Å². The van der Waals surface area contributed by atoms with Crippen molar-refractivity contribution in [1.82, 2.24) is 9.88 Å². The molecule has 0 aliphatic heterocycles. The van der Waals surface area contributed by atoms with Gasteiger partial charge in [-0.25, -0.2) is 0 Å². The molecular formula is C22H21N3O3. The Kier molecular flexibility index (Phi) is 5.08. The van der Waals surface area contributed by atoms with Gasteiger partial charge in [0.05, 0.1) is 0 Å². The molecule has 0 radical (unpaired) electrons. The molecule has 28 heavy (non-hydrogen) atoms. The number of para-hydroxylation sites is 1. The zero-order valence-electron chi connectivity index (χ0n) is 15.5. The van der Waals surface area contributed by atoms with Gasteiger partial charge in [-0.2, -0.15) is 10.8 Å². The summed E-state index contributed by atoms with van der Waals surface area (Å²) >= 11 is 0. The lowest BCUT2D eigenvalue weighted by Gasteiger charge is -2.17. The molecule has 4 aromatic rings. The molecular weight excluding hydrogens is 354 g/mol. The molecule has 1 aromatic heterocycles. The van der Waals surface area contributed by atoms with E-state index in [-0.39, 0.29) is 5.91 Å². The summed E-state index contributed by atoms with van der Waals surface area (Å²) in [7, 11) is 2.00. The lowest BCUT2D eigenvalue weighted by atomic mass is 10.1. The van der Waals surface area contributed by atoms with Crippen molar-refractivity contribution in [3.05, 3.63) is 83.9 Å². The minimum atomic E-state index is -0.717. The monoisotopic (exact) mass is 375 g/mol. The van der Waals surface area contributed by atoms with Gasteiger partial charge in [0.25, 0.3) is 5.91 Å². The molecule has 0 saturated heterocycles. The zero-order valence-corrected chi connectivity index (χ0v) is 15.5. The second-order valence-corrected chi connectivity index (χ2v) is 6.62. The predicted octanol–water partition coefficient (Wildman–Crippen LogP) is 3.45. The number of aromatic nitrogens is 1. The Morgan fingerprint density at radius 2 is 1.71 bits per heavy atom. The largest absolute Gasteiger partial charge is 0.344 e. The molecule has 6 heteroatoms. The van der Waals surface area contributed by atoms with Crippen molar-refractivity contribution in [2.45, 2.75) is 12.6 Å². The average molecular weight is 375 g/mol. The third-order valence-corrected chi connectivity index (χ3v) is 4.91. The van der Waals surface area contributed by atoms with Gasteiger partial charge in [-0.05, 0) is 23.8 Å². The molecule has 1 heterocycles. The Labute approximate surface area is 162 Å². The fraction of sp³-hybridized carbons (Fsp3) is 0.136. The number of rotatable bonds is 6. The summed E-state index contributed by atoms with van der Waals surface area (Å²) in [5.74, 6) is 4.84. The van der Waals surface area contributed by atoms with Crippen molar-refractivity contribution >= 4 is 27.7 Å². The van der Waals surface area contributed by atoms with Crippen LogP contribution in [0, 0.1) is 0 Å². The fourth-order valence-electron chi connectivity index (χ4n) is 3.63. The standard InChI is InChI=1S/C22H21N3O3/c1-25-18-12-6-5-10-16(18)21-17(11-7-13-19(21)25)22(26)24-20(27-28-23)14-15-8-3-2-4-9-15/h2-13,20H,14,23H2,1H3,(H,24,26). The maximum atomic E-state index is 13.1. The van der Waals surface area contributed by atoms with Crippen LogP contribution < -0.4 is 11.2 Å². The highest BCUT2D eigenvalue weighted by Crippen LogP contribution is 2.30. The predicted molar refractivity (Wildman–Crippen MR) is 108 cm³/mol. The van der Waals surface area contributed by atoms with Crippen molar-refractivity contribution in [3.63, 3.8) is 0 Å². The lowest BCUT2D eigenvalue weighted by molar-refractivity contribution is -0.332. The molecule has 0 aliphatic carbocycles. The normalized spacial score (nSPS) is 12.4. The van der Waals surface area contributed by atoms with Gasteiger partial charge in [0.1, 0.15) is 0 Å². The molecule has 0 bridgehead atoms. The van der Waals surface area contributed by atoms with E-state index in [1.54, 1.807) is 0 Å². The van der Waals surface area contributed by atoms with E-state index in [2.05, 4.69) is 14.9 Å². The molecule has 0 aliphatic rings. The van der Waals surface area contributed by atoms with E-state index >= 15 is 0 Å². The highest BCUT2D eigenvalue weighted by molar-refractivity contribution is 6.18. The molecule has 0 fully saturated rings. The van der Waals surface area contributed by atoms with E-state index in [9.17, 15) is 4.79 Å². The summed E-state index contributed by atoms with van der Waals surface area (Å²) in [6.07, 6.45) is -0.292. The maximum Gasteiger partial charge on any atom is 0.254 e. The van der Waals surface area contributed by atoms with Crippen molar-refractivity contribution in [2.24, 2.45) is 12.9 Å². The number of nitrogens with two attached hydrogens (primary N) is 1. The molecule has 1 unspecified atom stereocenters. The lowest BCUT2D eigenvalue weighted by Crippen LogP contribution is -2.39. The van der Waals surface area contributed by atoms with Crippen LogP contribution in [0.5, 0.6) is 0 Å². The van der Waals surface area contributed by atoms with Crippen molar-refractivity contribution in [3.8, 4) is 0 Å². The van der Waals surface area contributed by atoms with Gasteiger partial charge in [-0.1, -0.05) is 54.6 Å². The Balaban J connectivity index is 1.69. The number of carbonyl (C=O) groups is 1. The number of benzene rings is 3. The van der Waals surface area contributed by atoms with Gasteiger partial charge in [-0.3, -0.25) is 4.79 Å². The molecule has 3 aromatic carbocycles. The summed E-state index contributed by atoms with van der Waals surface area (Å²) in [5.41, 5.74) is 3.63. The van der Waals surface area contributed by atoms with Crippen LogP contribution >= 0.6 is 0 Å². The van der Waals surface area contributed by atoms with Crippen LogP contribution in [0.2, 0.25) is 0 Å². The van der Waals surface area contributed by atoms with E-state index in [0.717, 1.165) is 27.4 Å². The molecule has 0 saturated carbocycles. The summed E-state index contributed by atoms with van der Waals surface area (Å²) in [4.78, 5) is 22.5. The number of nitrogens with one attached hydrogen (secondary N) is 1. The molecule has 4 rings (SSSR count). The summed E-state index contributed by atoms with van der Waals surface area (Å²) in [6, 6.07) is 23.4. The first-order chi connectivity index (χ1) is 13.7. The van der Waals surface area contributed by atoms with Gasteiger partial charge in [0.15, 0.2) is 6.23 Å². The molecule has 3 N–H and O–H groups in total. The van der Waals surface area contributed by atoms with Crippen LogP contribution in [0.25, 0.3) is 21.8 Å². The summed E-state index contributed by atoms with van der Waals surface area (Å²) < 4.78 is 2.09. The van der Waals surface area contributed by atoms with Crippen LogP contribution in [-0.2, 0) is 23.3 Å². The van der Waals surface area contributed by atoms with Gasteiger partial charge in [0, 0.05) is 40.8 Å². The number of fused-ring (bicyclic) bond motifs is 3. The third kappa shape index (κ3) is 3.36. The highest BCUT2D eigenvalue weighted by atomic mass is 17.3. The molecule has 6 nitrogen and oxygen atoms in total. The van der Waals surface area contributed by atoms with E-state index in [1.807, 2.05) is 79.8 Å². The quantitative estimate of drug-likeness (QED) is 0.307. The minimum absolute atomic E-state index is 0.250. The van der Waals surface area contributed by atoms with Crippen LogP contribution in [-0.4, -0.2) is 16.7 Å². The first-order valence-corrected chi connectivity index (χ1v) is 9.02. The third-order valence-electron chi connectivity index (χ3n) is 4.91. The fourth-order valence-corrected chi connectivity index (χ4v) is 3.63. The first-order valence-electron chi connectivity index (χ1n) is 9.02. The van der Waals surface area contributed by atoms with Crippen LogP contribution in [0.15, 0.2) is 72.8 Å². The SMILES string of the molecule is Cn1c2ccccc2c2c(C(=O)NC(Cc3ccccc3)OON)cccc21. The van der Waals surface area contributed by atoms with Crippen molar-refractivity contribution in [2.75, 3.05) is 0 Å². The number of aryl methyl sites for hydroxylation is 1. The van der Waals surface area contributed by atoms with E-state index in [1.165, 1.54) is 0 Å². The Bertz CT molecular complexity index is 1120. The molecule has 142 valence electrons.